The number of rotatable bonds is 5. The molecule has 2 heterocycles. The molecule has 1 aromatic rings. The number of halogens is 1. The molecule has 2 atom stereocenters. The third kappa shape index (κ3) is 4.23. The number of hydrogen-bond donors (Lipinski definition) is 2. The number of likely N-dealkylation sites (tertiary alicyclic amines) is 1. The summed E-state index contributed by atoms with van der Waals surface area (Å²) in [6.07, 6.45) is 6.64. The van der Waals surface area contributed by atoms with Crippen LogP contribution in [-0.2, 0) is 0 Å². The lowest BCUT2D eigenvalue weighted by Crippen LogP contribution is -2.39. The van der Waals surface area contributed by atoms with Gasteiger partial charge >= 0.3 is 0 Å². The Morgan fingerprint density at radius 3 is 2.95 bits per heavy atom. The van der Waals surface area contributed by atoms with E-state index in [1.807, 2.05) is 0 Å². The summed E-state index contributed by atoms with van der Waals surface area (Å²) in [5.74, 6) is -0.339. The van der Waals surface area contributed by atoms with Gasteiger partial charge in [0, 0.05) is 18.6 Å². The monoisotopic (exact) mass is 281 g/mol. The van der Waals surface area contributed by atoms with Crippen LogP contribution in [0.4, 0.5) is 4.39 Å². The van der Waals surface area contributed by atoms with Crippen molar-refractivity contribution in [1.29, 1.82) is 0 Å². The van der Waals surface area contributed by atoms with E-state index in [4.69, 9.17) is 5.73 Å². The maximum atomic E-state index is 12.8. The topological polar surface area (TPSA) is 62.4 Å². The highest BCUT2D eigenvalue weighted by Crippen LogP contribution is 2.19. The van der Waals surface area contributed by atoms with Gasteiger partial charge in [-0.3, -0.25) is 9.88 Å². The minimum atomic E-state index is -0.339. The van der Waals surface area contributed by atoms with Crippen molar-refractivity contribution in [2.45, 2.75) is 44.2 Å². The molecular weight excluding hydrogens is 257 g/mol. The molecule has 112 valence electrons. The first kappa shape index (κ1) is 15.4. The zero-order chi connectivity index (χ0) is 14.4. The van der Waals surface area contributed by atoms with Crippen molar-refractivity contribution in [3.8, 4) is 0 Å². The molecule has 1 saturated heterocycles. The summed E-state index contributed by atoms with van der Waals surface area (Å²) in [7, 11) is 0. The third-order valence-electron chi connectivity index (χ3n) is 4.07. The second kappa shape index (κ2) is 7.67. The van der Waals surface area contributed by atoms with Crippen molar-refractivity contribution >= 4 is 0 Å². The van der Waals surface area contributed by atoms with Crippen molar-refractivity contribution in [2.75, 3.05) is 19.7 Å². The summed E-state index contributed by atoms with van der Waals surface area (Å²) in [5, 5.41) is 9.47. The molecule has 0 amide bonds. The molecule has 0 aromatic carbocycles. The molecule has 2 unspecified atom stereocenters. The van der Waals surface area contributed by atoms with E-state index in [-0.39, 0.29) is 24.5 Å². The van der Waals surface area contributed by atoms with Crippen LogP contribution in [0.1, 0.15) is 43.8 Å². The molecule has 0 radical (unpaired) electrons. The number of aliphatic hydroxyl groups is 1. The summed E-state index contributed by atoms with van der Waals surface area (Å²) in [6, 6.07) is 3.11. The fourth-order valence-corrected chi connectivity index (χ4v) is 2.80. The Morgan fingerprint density at radius 2 is 2.25 bits per heavy atom. The van der Waals surface area contributed by atoms with Crippen LogP contribution in [0.25, 0.3) is 0 Å². The maximum absolute atomic E-state index is 12.8. The van der Waals surface area contributed by atoms with Crippen LogP contribution in [0.5, 0.6) is 0 Å². The van der Waals surface area contributed by atoms with Crippen LogP contribution < -0.4 is 5.73 Å². The van der Waals surface area contributed by atoms with Gasteiger partial charge in [-0.05, 0) is 37.9 Å². The van der Waals surface area contributed by atoms with E-state index in [0.717, 1.165) is 31.6 Å². The van der Waals surface area contributed by atoms with E-state index in [9.17, 15) is 9.50 Å². The third-order valence-corrected chi connectivity index (χ3v) is 4.07. The highest BCUT2D eigenvalue weighted by Gasteiger charge is 2.21. The first-order chi connectivity index (χ1) is 9.70. The summed E-state index contributed by atoms with van der Waals surface area (Å²) in [5.41, 5.74) is 6.84. The number of aliphatic hydroxyl groups excluding tert-OH is 1. The smallest absolute Gasteiger partial charge is 0.141 e. The van der Waals surface area contributed by atoms with Gasteiger partial charge in [0.25, 0.3) is 0 Å². The lowest BCUT2D eigenvalue weighted by Gasteiger charge is -2.29. The quantitative estimate of drug-likeness (QED) is 0.864. The molecule has 3 N–H and O–H groups in total. The van der Waals surface area contributed by atoms with Crippen LogP contribution in [0.2, 0.25) is 0 Å². The fourth-order valence-electron chi connectivity index (χ4n) is 2.80. The average Bonchev–Trinajstić information content (AvgIpc) is 2.70. The average molecular weight is 281 g/mol. The largest absolute Gasteiger partial charge is 0.395 e. The predicted molar refractivity (Wildman–Crippen MR) is 76.7 cm³/mol. The Bertz CT molecular complexity index is 399. The lowest BCUT2D eigenvalue weighted by atomic mass is 10.1. The number of pyridine rings is 1. The highest BCUT2D eigenvalue weighted by atomic mass is 19.1. The molecule has 2 rings (SSSR count). The van der Waals surface area contributed by atoms with Crippen LogP contribution in [-0.4, -0.2) is 40.7 Å². The van der Waals surface area contributed by atoms with Crippen molar-refractivity contribution in [3.05, 3.63) is 29.8 Å². The fraction of sp³-hybridized carbons (Fsp3) is 0.667. The molecule has 4 nitrogen and oxygen atoms in total. The summed E-state index contributed by atoms with van der Waals surface area (Å²) in [4.78, 5) is 6.36. The molecule has 20 heavy (non-hydrogen) atoms. The predicted octanol–water partition coefficient (Wildman–Crippen LogP) is 1.85. The minimum absolute atomic E-state index is 0.182. The van der Waals surface area contributed by atoms with Gasteiger partial charge in [0.2, 0.25) is 0 Å². The van der Waals surface area contributed by atoms with Gasteiger partial charge in [-0.1, -0.05) is 12.8 Å². The van der Waals surface area contributed by atoms with E-state index < -0.39 is 0 Å². The second-order valence-electron chi connectivity index (χ2n) is 5.52. The highest BCUT2D eigenvalue weighted by molar-refractivity contribution is 5.09. The summed E-state index contributed by atoms with van der Waals surface area (Å²) in [6.45, 7) is 2.09. The SMILES string of the molecule is NC(CCN1CCCCCC1CO)c1ccc(F)cn1. The molecule has 5 heteroatoms. The van der Waals surface area contributed by atoms with Gasteiger partial charge in [0.15, 0.2) is 0 Å². The normalized spacial score (nSPS) is 22.4. The van der Waals surface area contributed by atoms with Crippen LogP contribution >= 0.6 is 0 Å². The lowest BCUT2D eigenvalue weighted by molar-refractivity contribution is 0.121. The van der Waals surface area contributed by atoms with Gasteiger partial charge in [-0.25, -0.2) is 4.39 Å². The minimum Gasteiger partial charge on any atom is -0.395 e. The van der Waals surface area contributed by atoms with Gasteiger partial charge < -0.3 is 10.8 Å². The standard InChI is InChI=1S/C15H24FN3O/c16-12-5-6-15(18-10-12)14(17)7-9-19-8-3-1-2-4-13(19)11-20/h5-6,10,13-14,20H,1-4,7-9,11,17H2. The van der Waals surface area contributed by atoms with Crippen molar-refractivity contribution < 1.29 is 9.50 Å². The van der Waals surface area contributed by atoms with E-state index in [1.165, 1.54) is 31.5 Å². The first-order valence-corrected chi connectivity index (χ1v) is 7.42. The van der Waals surface area contributed by atoms with Crippen LogP contribution in [0.3, 0.4) is 0 Å². The number of hydrogen-bond acceptors (Lipinski definition) is 4. The zero-order valence-corrected chi connectivity index (χ0v) is 11.8. The Balaban J connectivity index is 1.87. The molecule has 0 saturated carbocycles. The van der Waals surface area contributed by atoms with Gasteiger partial charge in [-0.2, -0.15) is 0 Å². The van der Waals surface area contributed by atoms with Crippen LogP contribution in [0.15, 0.2) is 18.3 Å². The maximum Gasteiger partial charge on any atom is 0.141 e. The van der Waals surface area contributed by atoms with Crippen LogP contribution in [0, 0.1) is 5.82 Å². The Hall–Kier alpha value is -1.04. The number of aromatic nitrogens is 1. The molecule has 1 fully saturated rings. The first-order valence-electron chi connectivity index (χ1n) is 7.42. The van der Waals surface area contributed by atoms with Gasteiger partial charge in [0.05, 0.1) is 18.5 Å². The Morgan fingerprint density at radius 1 is 1.40 bits per heavy atom. The number of nitrogens with two attached hydrogens (primary N) is 1. The zero-order valence-electron chi connectivity index (χ0n) is 11.8. The van der Waals surface area contributed by atoms with E-state index in [0.29, 0.717) is 0 Å². The van der Waals surface area contributed by atoms with Crippen molar-refractivity contribution in [3.63, 3.8) is 0 Å². The van der Waals surface area contributed by atoms with E-state index in [1.54, 1.807) is 6.07 Å². The molecule has 0 aliphatic carbocycles. The second-order valence-corrected chi connectivity index (χ2v) is 5.52. The van der Waals surface area contributed by atoms with E-state index >= 15 is 0 Å². The molecular formula is C15H24FN3O. The Kier molecular flexibility index (Phi) is 5.88. The van der Waals surface area contributed by atoms with Gasteiger partial charge in [0.1, 0.15) is 5.82 Å². The van der Waals surface area contributed by atoms with Crippen molar-refractivity contribution in [2.24, 2.45) is 5.73 Å². The van der Waals surface area contributed by atoms with Gasteiger partial charge in [-0.15, -0.1) is 0 Å². The molecule has 0 spiro atoms. The molecule has 1 aliphatic rings. The summed E-state index contributed by atoms with van der Waals surface area (Å²) >= 11 is 0. The van der Waals surface area contributed by atoms with Crippen molar-refractivity contribution in [1.82, 2.24) is 9.88 Å². The Labute approximate surface area is 119 Å². The molecule has 0 bridgehead atoms. The summed E-state index contributed by atoms with van der Waals surface area (Å²) < 4.78 is 12.8. The van der Waals surface area contributed by atoms with E-state index in [2.05, 4.69) is 9.88 Å². The number of nitrogens with zero attached hydrogens (tertiary/aromatic N) is 2. The molecule has 1 aliphatic heterocycles. The molecule has 1 aromatic heterocycles.